The average Bonchev–Trinajstić information content (AvgIpc) is 3.10. The predicted molar refractivity (Wildman–Crippen MR) is 109 cm³/mol. The van der Waals surface area contributed by atoms with Gasteiger partial charge in [0.05, 0.1) is 16.7 Å². The van der Waals surface area contributed by atoms with Gasteiger partial charge >= 0.3 is 5.97 Å². The molecule has 156 valence electrons. The number of amides is 2. The number of carbonyl (C=O) groups is 3. The highest BCUT2D eigenvalue weighted by Crippen LogP contribution is 2.42. The first kappa shape index (κ1) is 22.4. The molecule has 1 aromatic carbocycles. The fourth-order valence-corrected chi connectivity index (χ4v) is 3.54. The van der Waals surface area contributed by atoms with E-state index in [0.717, 1.165) is 12.8 Å². The number of rotatable bonds is 6. The number of hydrogen-bond donors (Lipinski definition) is 2. The first-order chi connectivity index (χ1) is 13.6. The summed E-state index contributed by atoms with van der Waals surface area (Å²) in [6, 6.07) is 8.61. The average molecular weight is 399 g/mol. The second-order valence-electron chi connectivity index (χ2n) is 8.66. The van der Waals surface area contributed by atoms with Crippen LogP contribution in [0.25, 0.3) is 0 Å². The molecule has 0 saturated heterocycles. The molecule has 0 heterocycles. The Kier molecular flexibility index (Phi) is 7.02. The van der Waals surface area contributed by atoms with E-state index in [9.17, 15) is 14.4 Å². The highest BCUT2D eigenvalue weighted by molar-refractivity contribution is 5.96. The van der Waals surface area contributed by atoms with Crippen molar-refractivity contribution < 1.29 is 19.1 Å². The van der Waals surface area contributed by atoms with E-state index in [1.54, 1.807) is 24.3 Å². The molecule has 1 aliphatic carbocycles. The Balaban J connectivity index is 2.04. The van der Waals surface area contributed by atoms with Gasteiger partial charge in [0.15, 0.2) is 6.10 Å². The lowest BCUT2D eigenvalue weighted by atomic mass is 9.82. The number of nitriles is 1. The van der Waals surface area contributed by atoms with Crippen molar-refractivity contribution >= 4 is 23.5 Å². The zero-order valence-corrected chi connectivity index (χ0v) is 17.5. The van der Waals surface area contributed by atoms with Gasteiger partial charge in [-0.1, -0.05) is 25.0 Å². The van der Waals surface area contributed by atoms with Gasteiger partial charge in [0.25, 0.3) is 5.91 Å². The number of para-hydroxylation sites is 1. The summed E-state index contributed by atoms with van der Waals surface area (Å²) in [6.45, 7) is 7.14. The van der Waals surface area contributed by atoms with Gasteiger partial charge in [-0.25, -0.2) is 0 Å². The summed E-state index contributed by atoms with van der Waals surface area (Å²) in [5.74, 6) is -1.24. The Bertz CT molecular complexity index is 814. The van der Waals surface area contributed by atoms with E-state index in [2.05, 4.69) is 10.6 Å². The summed E-state index contributed by atoms with van der Waals surface area (Å²) in [5, 5.41) is 14.6. The fourth-order valence-electron chi connectivity index (χ4n) is 3.54. The third kappa shape index (κ3) is 6.05. The van der Waals surface area contributed by atoms with Crippen LogP contribution in [0, 0.1) is 16.7 Å². The number of esters is 1. The molecule has 0 aliphatic heterocycles. The summed E-state index contributed by atoms with van der Waals surface area (Å²) >= 11 is 0. The molecule has 0 spiro atoms. The van der Waals surface area contributed by atoms with Gasteiger partial charge < -0.3 is 15.4 Å². The van der Waals surface area contributed by atoms with Crippen molar-refractivity contribution in [1.29, 1.82) is 5.26 Å². The topological polar surface area (TPSA) is 108 Å². The highest BCUT2D eigenvalue weighted by Gasteiger charge is 2.45. The van der Waals surface area contributed by atoms with E-state index in [1.807, 2.05) is 26.8 Å². The van der Waals surface area contributed by atoms with Crippen LogP contribution in [-0.2, 0) is 19.1 Å². The van der Waals surface area contributed by atoms with Crippen molar-refractivity contribution in [3.63, 3.8) is 0 Å². The first-order valence-electron chi connectivity index (χ1n) is 9.88. The molecule has 7 nitrogen and oxygen atoms in total. The minimum Gasteiger partial charge on any atom is -0.452 e. The van der Waals surface area contributed by atoms with E-state index in [0.29, 0.717) is 24.1 Å². The molecule has 0 unspecified atom stereocenters. The Labute approximate surface area is 171 Å². The van der Waals surface area contributed by atoms with Gasteiger partial charge in [-0.3, -0.25) is 14.4 Å². The van der Waals surface area contributed by atoms with Crippen LogP contribution in [0.15, 0.2) is 24.3 Å². The Morgan fingerprint density at radius 3 is 2.41 bits per heavy atom. The predicted octanol–water partition coefficient (Wildman–Crippen LogP) is 3.29. The maximum absolute atomic E-state index is 12.9. The van der Waals surface area contributed by atoms with E-state index in [1.165, 1.54) is 6.92 Å². The van der Waals surface area contributed by atoms with Crippen molar-refractivity contribution in [2.75, 3.05) is 5.32 Å². The van der Waals surface area contributed by atoms with Crippen LogP contribution in [0.5, 0.6) is 0 Å². The van der Waals surface area contributed by atoms with Crippen molar-refractivity contribution in [2.24, 2.45) is 5.41 Å². The van der Waals surface area contributed by atoms with Crippen molar-refractivity contribution in [1.82, 2.24) is 5.32 Å². The summed E-state index contributed by atoms with van der Waals surface area (Å²) in [6.07, 6.45) is 1.82. The van der Waals surface area contributed by atoms with Gasteiger partial charge in [-0.15, -0.1) is 0 Å². The van der Waals surface area contributed by atoms with E-state index >= 15 is 0 Å². The van der Waals surface area contributed by atoms with Gasteiger partial charge in [0, 0.05) is 12.0 Å². The van der Waals surface area contributed by atoms with Gasteiger partial charge in [-0.05, 0) is 52.7 Å². The number of carbonyl (C=O) groups excluding carboxylic acids is 3. The normalized spacial score (nSPS) is 16.4. The highest BCUT2D eigenvalue weighted by atomic mass is 16.5. The molecule has 0 bridgehead atoms. The van der Waals surface area contributed by atoms with Crippen LogP contribution in [0.2, 0.25) is 0 Å². The molecular formula is C22H29N3O4. The van der Waals surface area contributed by atoms with Gasteiger partial charge in [0.2, 0.25) is 5.91 Å². The summed E-state index contributed by atoms with van der Waals surface area (Å²) in [7, 11) is 0. The van der Waals surface area contributed by atoms with Crippen LogP contribution < -0.4 is 10.6 Å². The summed E-state index contributed by atoms with van der Waals surface area (Å²) in [5.41, 5.74) is -0.593. The second kappa shape index (κ2) is 9.08. The fraction of sp³-hybridized carbons (Fsp3) is 0.545. The molecule has 0 aromatic heterocycles. The van der Waals surface area contributed by atoms with E-state index in [-0.39, 0.29) is 17.9 Å². The smallest absolute Gasteiger partial charge is 0.313 e. The second-order valence-corrected chi connectivity index (χ2v) is 8.66. The standard InChI is InChI=1S/C22H29N3O4/c1-15(19(27)24-17-10-6-5-9-16(17)14-23)29-20(28)22(11-7-8-12-22)13-18(26)25-21(2,3)4/h5-6,9-10,15H,7-8,11-13H2,1-4H3,(H,24,27)(H,25,26)/t15-/m1/s1. The lowest BCUT2D eigenvalue weighted by molar-refractivity contribution is -0.165. The molecule has 1 saturated carbocycles. The van der Waals surface area contributed by atoms with Gasteiger partial charge in [-0.2, -0.15) is 5.26 Å². The molecule has 1 aromatic rings. The third-order valence-corrected chi connectivity index (χ3v) is 4.97. The molecule has 0 radical (unpaired) electrons. The first-order valence-corrected chi connectivity index (χ1v) is 9.88. The lowest BCUT2D eigenvalue weighted by Crippen LogP contribution is -2.45. The van der Waals surface area contributed by atoms with Crippen LogP contribution in [-0.4, -0.2) is 29.4 Å². The van der Waals surface area contributed by atoms with Crippen LogP contribution >= 0.6 is 0 Å². The molecule has 2 N–H and O–H groups in total. The number of benzene rings is 1. The maximum atomic E-state index is 12.9. The zero-order chi connectivity index (χ0) is 21.7. The lowest BCUT2D eigenvalue weighted by Gasteiger charge is -2.29. The molecule has 2 rings (SSSR count). The number of anilines is 1. The monoisotopic (exact) mass is 399 g/mol. The zero-order valence-electron chi connectivity index (χ0n) is 17.5. The van der Waals surface area contributed by atoms with Gasteiger partial charge in [0.1, 0.15) is 6.07 Å². The minimum atomic E-state index is -1.04. The molecule has 1 atom stereocenters. The Hall–Kier alpha value is -2.88. The summed E-state index contributed by atoms with van der Waals surface area (Å²) < 4.78 is 5.46. The quantitative estimate of drug-likeness (QED) is 0.714. The molecular weight excluding hydrogens is 370 g/mol. The maximum Gasteiger partial charge on any atom is 0.313 e. The Morgan fingerprint density at radius 1 is 1.21 bits per heavy atom. The Morgan fingerprint density at radius 2 is 1.83 bits per heavy atom. The van der Waals surface area contributed by atoms with Crippen LogP contribution in [0.1, 0.15) is 65.4 Å². The largest absolute Gasteiger partial charge is 0.452 e. The molecule has 1 fully saturated rings. The molecule has 1 aliphatic rings. The van der Waals surface area contributed by atoms with Crippen molar-refractivity contribution in [3.8, 4) is 6.07 Å². The SMILES string of the molecule is C[C@@H](OC(=O)C1(CC(=O)NC(C)(C)C)CCCC1)C(=O)Nc1ccccc1C#N. The molecule has 29 heavy (non-hydrogen) atoms. The van der Waals surface area contributed by atoms with E-state index in [4.69, 9.17) is 10.00 Å². The number of hydrogen-bond acceptors (Lipinski definition) is 5. The van der Waals surface area contributed by atoms with E-state index < -0.39 is 23.4 Å². The molecule has 7 heteroatoms. The van der Waals surface area contributed by atoms with Crippen LogP contribution in [0.3, 0.4) is 0 Å². The summed E-state index contributed by atoms with van der Waals surface area (Å²) in [4.78, 5) is 37.8. The molecule has 2 amide bonds. The van der Waals surface area contributed by atoms with Crippen LogP contribution in [0.4, 0.5) is 5.69 Å². The number of nitrogens with one attached hydrogen (secondary N) is 2. The third-order valence-electron chi connectivity index (χ3n) is 4.97. The number of ether oxygens (including phenoxy) is 1. The minimum absolute atomic E-state index is 0.0503. The van der Waals surface area contributed by atoms with Crippen molar-refractivity contribution in [2.45, 2.75) is 71.4 Å². The number of nitrogens with zero attached hydrogens (tertiary/aromatic N) is 1. The van der Waals surface area contributed by atoms with Crippen molar-refractivity contribution in [3.05, 3.63) is 29.8 Å².